The lowest BCUT2D eigenvalue weighted by molar-refractivity contribution is 0.658. The van der Waals surface area contributed by atoms with E-state index in [0.717, 1.165) is 44.4 Å². The number of furan rings is 1. The molecule has 3 aromatic heterocycles. The van der Waals surface area contributed by atoms with Crippen LogP contribution in [0, 0.1) is 0 Å². The van der Waals surface area contributed by atoms with Gasteiger partial charge < -0.3 is 4.42 Å². The van der Waals surface area contributed by atoms with Crippen LogP contribution in [0.25, 0.3) is 98.5 Å². The second-order valence-electron chi connectivity index (χ2n) is 14.4. The number of hydrogen-bond acceptors (Lipinski definition) is 5. The van der Waals surface area contributed by atoms with E-state index in [2.05, 4.69) is 135 Å². The molecule has 0 spiro atoms. The number of nitrogens with zero attached hydrogens (tertiary/aromatic N) is 3. The number of thiophene rings is 1. The molecule has 0 amide bonds. The van der Waals surface area contributed by atoms with E-state index in [1.54, 1.807) is 0 Å². The maximum atomic E-state index is 6.34. The third kappa shape index (κ3) is 4.71. The van der Waals surface area contributed by atoms with Crippen LogP contribution in [-0.4, -0.2) is 15.0 Å². The molecule has 0 N–H and O–H groups in total. The summed E-state index contributed by atoms with van der Waals surface area (Å²) in [6.07, 6.45) is 0. The van der Waals surface area contributed by atoms with Crippen LogP contribution in [0.2, 0.25) is 0 Å². The number of hydrogen-bond donors (Lipinski definition) is 0. The minimum Gasteiger partial charge on any atom is -0.456 e. The minimum absolute atomic E-state index is 0.134. The molecule has 1 aliphatic carbocycles. The lowest BCUT2D eigenvalue weighted by Crippen LogP contribution is -2.14. The number of fused-ring (bicyclic) bond motifs is 9. The molecule has 0 fully saturated rings. The molecule has 10 aromatic rings. The summed E-state index contributed by atoms with van der Waals surface area (Å²) in [5, 5.41) is 4.80. The second-order valence-corrected chi connectivity index (χ2v) is 15.5. The minimum atomic E-state index is -0.134. The molecule has 11 rings (SSSR count). The zero-order chi connectivity index (χ0) is 35.3. The summed E-state index contributed by atoms with van der Waals surface area (Å²) in [6.45, 7) is 4.65. The third-order valence-electron chi connectivity index (χ3n) is 10.9. The summed E-state index contributed by atoms with van der Waals surface area (Å²) in [5.41, 5.74) is 12.0. The van der Waals surface area contributed by atoms with Crippen molar-refractivity contribution >= 4 is 53.4 Å². The number of para-hydroxylation sites is 1. The first-order chi connectivity index (χ1) is 26.0. The third-order valence-corrected chi connectivity index (χ3v) is 12.1. The van der Waals surface area contributed by atoms with E-state index in [1.165, 1.54) is 47.8 Å². The van der Waals surface area contributed by atoms with Crippen molar-refractivity contribution in [2.24, 2.45) is 0 Å². The van der Waals surface area contributed by atoms with Crippen molar-refractivity contribution in [1.29, 1.82) is 0 Å². The molecule has 5 heteroatoms. The summed E-state index contributed by atoms with van der Waals surface area (Å²) in [4.78, 5) is 15.2. The van der Waals surface area contributed by atoms with E-state index in [9.17, 15) is 0 Å². The largest absolute Gasteiger partial charge is 0.456 e. The number of aromatic nitrogens is 3. The van der Waals surface area contributed by atoms with E-state index in [-0.39, 0.29) is 5.41 Å². The van der Waals surface area contributed by atoms with Crippen molar-refractivity contribution in [3.05, 3.63) is 163 Å². The van der Waals surface area contributed by atoms with Crippen LogP contribution in [0.1, 0.15) is 25.0 Å². The molecule has 3 heterocycles. The Kier molecular flexibility index (Phi) is 6.43. The molecule has 0 saturated carbocycles. The van der Waals surface area contributed by atoms with Crippen LogP contribution in [0.3, 0.4) is 0 Å². The highest BCUT2D eigenvalue weighted by atomic mass is 32.1. The maximum absolute atomic E-state index is 6.34. The Morgan fingerprint density at radius 1 is 0.415 bits per heavy atom. The summed E-state index contributed by atoms with van der Waals surface area (Å²) < 4.78 is 8.87. The van der Waals surface area contributed by atoms with Gasteiger partial charge in [0.15, 0.2) is 17.5 Å². The van der Waals surface area contributed by atoms with Crippen LogP contribution >= 0.6 is 11.3 Å². The number of benzene rings is 7. The molecular formula is C48H31N3OS. The molecule has 7 aromatic carbocycles. The average molecular weight is 698 g/mol. The summed E-state index contributed by atoms with van der Waals surface area (Å²) >= 11 is 1.81. The van der Waals surface area contributed by atoms with E-state index in [1.807, 2.05) is 41.7 Å². The van der Waals surface area contributed by atoms with Gasteiger partial charge in [-0.1, -0.05) is 111 Å². The predicted molar refractivity (Wildman–Crippen MR) is 219 cm³/mol. The van der Waals surface area contributed by atoms with Crippen LogP contribution in [-0.2, 0) is 5.41 Å². The highest BCUT2D eigenvalue weighted by Gasteiger charge is 2.36. The van der Waals surface area contributed by atoms with Gasteiger partial charge in [0.25, 0.3) is 0 Å². The molecule has 0 bridgehead atoms. The van der Waals surface area contributed by atoms with Crippen molar-refractivity contribution in [2.75, 3.05) is 0 Å². The SMILES string of the molecule is CC1(C)c2ccc(-c3cccc(-c4nc(-c5ccccc5)nc(-c5ccc6sc7ccccc7c6c5)n4)c3)cc2-c2cc3oc4ccccc4c3cc21. The molecule has 53 heavy (non-hydrogen) atoms. The van der Waals surface area contributed by atoms with Crippen molar-refractivity contribution in [3.8, 4) is 56.4 Å². The van der Waals surface area contributed by atoms with Crippen LogP contribution in [0.5, 0.6) is 0 Å². The first-order valence-corrected chi connectivity index (χ1v) is 18.7. The standard InChI is InChI=1S/C48H31N3OS/c1-48(2)39-21-19-30(24-35(39)36-27-42-37(26-40(36)48)33-15-6-8-17-41(33)52-42)29-13-10-14-31(23-29)46-49-45(28-11-4-3-5-12-28)50-47(51-46)32-20-22-44-38(25-32)34-16-7-9-18-43(34)53-44/h3-27H,1-2H3. The topological polar surface area (TPSA) is 51.8 Å². The number of rotatable bonds is 4. The van der Waals surface area contributed by atoms with E-state index in [4.69, 9.17) is 19.4 Å². The lowest BCUT2D eigenvalue weighted by atomic mass is 9.81. The smallest absolute Gasteiger partial charge is 0.164 e. The molecule has 1 aliphatic rings. The normalized spacial score (nSPS) is 13.2. The van der Waals surface area contributed by atoms with Crippen LogP contribution < -0.4 is 0 Å². The molecular weight excluding hydrogens is 667 g/mol. The van der Waals surface area contributed by atoms with Gasteiger partial charge in [0.05, 0.1) is 0 Å². The fourth-order valence-electron chi connectivity index (χ4n) is 8.20. The van der Waals surface area contributed by atoms with Gasteiger partial charge in [-0.25, -0.2) is 15.0 Å². The molecule has 0 unspecified atom stereocenters. The molecule has 0 saturated heterocycles. The van der Waals surface area contributed by atoms with E-state index < -0.39 is 0 Å². The zero-order valence-electron chi connectivity index (χ0n) is 29.1. The van der Waals surface area contributed by atoms with Gasteiger partial charge in [0, 0.05) is 53.1 Å². The Morgan fingerprint density at radius 2 is 1.04 bits per heavy atom. The van der Waals surface area contributed by atoms with Crippen LogP contribution in [0.4, 0.5) is 0 Å². The molecule has 250 valence electrons. The Morgan fingerprint density at radius 3 is 1.89 bits per heavy atom. The highest BCUT2D eigenvalue weighted by Crippen LogP contribution is 2.51. The molecule has 0 radical (unpaired) electrons. The van der Waals surface area contributed by atoms with Gasteiger partial charge >= 0.3 is 0 Å². The summed E-state index contributed by atoms with van der Waals surface area (Å²) in [6, 6.07) is 53.6. The van der Waals surface area contributed by atoms with Gasteiger partial charge in [-0.2, -0.15) is 0 Å². The predicted octanol–water partition coefficient (Wildman–Crippen LogP) is 13.1. The monoisotopic (exact) mass is 697 g/mol. The van der Waals surface area contributed by atoms with Gasteiger partial charge in [-0.15, -0.1) is 11.3 Å². The lowest BCUT2D eigenvalue weighted by Gasteiger charge is -2.21. The van der Waals surface area contributed by atoms with E-state index in [0.29, 0.717) is 17.5 Å². The van der Waals surface area contributed by atoms with Gasteiger partial charge in [0.2, 0.25) is 0 Å². The average Bonchev–Trinajstić information content (AvgIpc) is 3.84. The Hall–Kier alpha value is -6.43. The highest BCUT2D eigenvalue weighted by molar-refractivity contribution is 7.25. The molecule has 4 nitrogen and oxygen atoms in total. The molecule has 0 atom stereocenters. The zero-order valence-corrected chi connectivity index (χ0v) is 29.9. The van der Waals surface area contributed by atoms with Crippen molar-refractivity contribution in [3.63, 3.8) is 0 Å². The van der Waals surface area contributed by atoms with Crippen molar-refractivity contribution in [1.82, 2.24) is 15.0 Å². The fourth-order valence-corrected chi connectivity index (χ4v) is 9.29. The van der Waals surface area contributed by atoms with Crippen molar-refractivity contribution < 1.29 is 4.42 Å². The van der Waals surface area contributed by atoms with Crippen molar-refractivity contribution in [2.45, 2.75) is 19.3 Å². The van der Waals surface area contributed by atoms with E-state index >= 15 is 0 Å². The Balaban J connectivity index is 1.03. The first kappa shape index (κ1) is 30.2. The van der Waals surface area contributed by atoms with Gasteiger partial charge in [-0.05, 0) is 88.0 Å². The first-order valence-electron chi connectivity index (χ1n) is 17.9. The summed E-state index contributed by atoms with van der Waals surface area (Å²) in [7, 11) is 0. The van der Waals surface area contributed by atoms with Gasteiger partial charge in [-0.3, -0.25) is 0 Å². The molecule has 0 aliphatic heterocycles. The Bertz CT molecular complexity index is 3100. The Labute approximate surface area is 310 Å². The maximum Gasteiger partial charge on any atom is 0.164 e. The van der Waals surface area contributed by atoms with Crippen LogP contribution in [0.15, 0.2) is 156 Å². The quantitative estimate of drug-likeness (QED) is 0.184. The fraction of sp³-hybridized carbons (Fsp3) is 0.0625. The second kappa shape index (κ2) is 11.3. The van der Waals surface area contributed by atoms with Gasteiger partial charge in [0.1, 0.15) is 11.2 Å². The summed E-state index contributed by atoms with van der Waals surface area (Å²) in [5.74, 6) is 1.95.